The summed E-state index contributed by atoms with van der Waals surface area (Å²) < 4.78 is 0. The van der Waals surface area contributed by atoms with E-state index in [1.54, 1.807) is 6.20 Å². The van der Waals surface area contributed by atoms with Crippen molar-refractivity contribution >= 4 is 5.69 Å². The number of benzene rings is 1. The van der Waals surface area contributed by atoms with E-state index in [0.717, 1.165) is 17.7 Å². The molecule has 1 aromatic carbocycles. The average molecular weight is 269 g/mol. The van der Waals surface area contributed by atoms with Crippen LogP contribution in [0.3, 0.4) is 0 Å². The summed E-state index contributed by atoms with van der Waals surface area (Å²) in [5, 5.41) is 3.43. The van der Waals surface area contributed by atoms with Crippen molar-refractivity contribution in [2.75, 3.05) is 12.8 Å². The maximum absolute atomic E-state index is 6.04. The highest BCUT2D eigenvalue weighted by molar-refractivity contribution is 5.45. The molecule has 0 saturated carbocycles. The van der Waals surface area contributed by atoms with Crippen LogP contribution in [-0.4, -0.2) is 18.1 Å². The Bertz CT molecular complexity index is 549. The van der Waals surface area contributed by atoms with Crippen molar-refractivity contribution in [3.63, 3.8) is 0 Å². The van der Waals surface area contributed by atoms with Gasteiger partial charge in [0.2, 0.25) is 0 Å². The predicted octanol–water partition coefficient (Wildman–Crippen LogP) is 2.77. The molecule has 0 saturated heterocycles. The van der Waals surface area contributed by atoms with E-state index >= 15 is 0 Å². The molecule has 0 aliphatic rings. The Morgan fingerprint density at radius 2 is 1.90 bits per heavy atom. The van der Waals surface area contributed by atoms with E-state index in [-0.39, 0.29) is 11.5 Å². The molecular weight excluding hydrogens is 246 g/mol. The van der Waals surface area contributed by atoms with E-state index in [1.807, 2.05) is 25.4 Å². The van der Waals surface area contributed by atoms with E-state index in [1.165, 1.54) is 5.56 Å². The molecule has 0 bridgehead atoms. The van der Waals surface area contributed by atoms with Gasteiger partial charge in [0.1, 0.15) is 0 Å². The molecule has 20 heavy (non-hydrogen) atoms. The average Bonchev–Trinajstić information content (AvgIpc) is 2.47. The van der Waals surface area contributed by atoms with Gasteiger partial charge in [0, 0.05) is 29.5 Å². The molecule has 0 amide bonds. The summed E-state index contributed by atoms with van der Waals surface area (Å²) in [5.41, 5.74) is 9.27. The first kappa shape index (κ1) is 14.5. The molecular formula is C17H23N3. The van der Waals surface area contributed by atoms with Crippen molar-refractivity contribution in [2.45, 2.75) is 31.7 Å². The summed E-state index contributed by atoms with van der Waals surface area (Å²) in [7, 11) is 2.00. The highest BCUT2D eigenvalue weighted by Crippen LogP contribution is 2.29. The summed E-state index contributed by atoms with van der Waals surface area (Å²) in [5.74, 6) is 0. The molecule has 3 heteroatoms. The van der Waals surface area contributed by atoms with Crippen LogP contribution in [0.5, 0.6) is 0 Å². The zero-order valence-electron chi connectivity index (χ0n) is 12.4. The minimum atomic E-state index is 0.0122. The van der Waals surface area contributed by atoms with Crippen LogP contribution >= 0.6 is 0 Å². The van der Waals surface area contributed by atoms with Crippen LogP contribution in [0.4, 0.5) is 5.69 Å². The van der Waals surface area contributed by atoms with E-state index < -0.39 is 0 Å². The Balaban J connectivity index is 2.26. The minimum Gasteiger partial charge on any atom is -0.398 e. The monoisotopic (exact) mass is 269 g/mol. The maximum atomic E-state index is 6.04. The minimum absolute atomic E-state index is 0.0122. The highest BCUT2D eigenvalue weighted by Gasteiger charge is 2.30. The zero-order chi connectivity index (χ0) is 14.6. The molecule has 3 N–H and O–H groups in total. The van der Waals surface area contributed by atoms with Gasteiger partial charge in [-0.2, -0.15) is 0 Å². The van der Waals surface area contributed by atoms with Crippen LogP contribution in [0.2, 0.25) is 0 Å². The topological polar surface area (TPSA) is 50.9 Å². The Labute approximate surface area is 121 Å². The van der Waals surface area contributed by atoms with Crippen molar-refractivity contribution in [3.8, 4) is 0 Å². The van der Waals surface area contributed by atoms with Crippen LogP contribution < -0.4 is 11.1 Å². The first-order chi connectivity index (χ1) is 9.55. The largest absolute Gasteiger partial charge is 0.398 e. The van der Waals surface area contributed by atoms with Crippen LogP contribution in [0.1, 0.15) is 25.0 Å². The summed E-state index contributed by atoms with van der Waals surface area (Å²) >= 11 is 0. The third kappa shape index (κ3) is 2.99. The normalized spacial score (nSPS) is 13.2. The molecule has 1 aromatic heterocycles. The van der Waals surface area contributed by atoms with Crippen LogP contribution in [0.25, 0.3) is 0 Å². The fourth-order valence-electron chi connectivity index (χ4n) is 2.62. The van der Waals surface area contributed by atoms with Gasteiger partial charge in [-0.15, -0.1) is 0 Å². The fraction of sp³-hybridized carbons (Fsp3) is 0.353. The molecule has 1 unspecified atom stereocenters. The summed E-state index contributed by atoms with van der Waals surface area (Å²) in [6.45, 7) is 4.52. The van der Waals surface area contributed by atoms with Gasteiger partial charge in [0.25, 0.3) is 0 Å². The summed E-state index contributed by atoms with van der Waals surface area (Å²) in [6, 6.07) is 12.7. The first-order valence-electron chi connectivity index (χ1n) is 6.97. The lowest BCUT2D eigenvalue weighted by Crippen LogP contribution is -2.44. The number of likely N-dealkylation sites (N-methyl/N-ethyl adjacent to an activating group) is 1. The van der Waals surface area contributed by atoms with Crippen molar-refractivity contribution in [1.29, 1.82) is 0 Å². The lowest BCUT2D eigenvalue weighted by Gasteiger charge is -2.35. The van der Waals surface area contributed by atoms with Gasteiger partial charge in [-0.3, -0.25) is 4.98 Å². The molecule has 0 fully saturated rings. The number of aromatic nitrogens is 1. The molecule has 1 heterocycles. The van der Waals surface area contributed by atoms with E-state index in [9.17, 15) is 0 Å². The molecule has 0 spiro atoms. The number of nitrogens with zero attached hydrogens (tertiary/aromatic N) is 1. The lowest BCUT2D eigenvalue weighted by molar-refractivity contribution is 0.356. The molecule has 0 radical (unpaired) electrons. The number of hydrogen-bond donors (Lipinski definition) is 2. The number of nitrogen functional groups attached to an aromatic ring is 1. The highest BCUT2D eigenvalue weighted by atomic mass is 14.9. The third-order valence-corrected chi connectivity index (χ3v) is 4.10. The second-order valence-corrected chi connectivity index (χ2v) is 5.71. The van der Waals surface area contributed by atoms with Gasteiger partial charge < -0.3 is 11.1 Å². The molecule has 2 aromatic rings. The number of anilines is 1. The SMILES string of the molecule is CNC(Cc1cnccc1N)C(C)(C)c1ccccc1. The quantitative estimate of drug-likeness (QED) is 0.877. The van der Waals surface area contributed by atoms with Crippen LogP contribution in [-0.2, 0) is 11.8 Å². The van der Waals surface area contributed by atoms with Crippen molar-refractivity contribution < 1.29 is 0 Å². The van der Waals surface area contributed by atoms with Gasteiger partial charge >= 0.3 is 0 Å². The summed E-state index contributed by atoms with van der Waals surface area (Å²) in [4.78, 5) is 4.18. The Kier molecular flexibility index (Phi) is 4.40. The van der Waals surface area contributed by atoms with Gasteiger partial charge in [0.05, 0.1) is 0 Å². The lowest BCUT2D eigenvalue weighted by atomic mass is 9.75. The van der Waals surface area contributed by atoms with Gasteiger partial charge in [-0.05, 0) is 30.7 Å². The van der Waals surface area contributed by atoms with Gasteiger partial charge in [-0.25, -0.2) is 0 Å². The number of nitrogens with one attached hydrogen (secondary N) is 1. The van der Waals surface area contributed by atoms with Crippen molar-refractivity contribution in [2.24, 2.45) is 0 Å². The number of nitrogens with two attached hydrogens (primary N) is 1. The molecule has 0 aliphatic carbocycles. The maximum Gasteiger partial charge on any atom is 0.0378 e. The second kappa shape index (κ2) is 6.06. The second-order valence-electron chi connectivity index (χ2n) is 5.71. The Morgan fingerprint density at radius 3 is 2.50 bits per heavy atom. The van der Waals surface area contributed by atoms with Gasteiger partial charge in [-0.1, -0.05) is 44.2 Å². The van der Waals surface area contributed by atoms with Crippen molar-refractivity contribution in [3.05, 3.63) is 59.9 Å². The number of rotatable bonds is 5. The Hall–Kier alpha value is -1.87. The van der Waals surface area contributed by atoms with E-state index in [0.29, 0.717) is 0 Å². The fourth-order valence-corrected chi connectivity index (χ4v) is 2.62. The zero-order valence-corrected chi connectivity index (χ0v) is 12.4. The van der Waals surface area contributed by atoms with E-state index in [2.05, 4.69) is 48.4 Å². The van der Waals surface area contributed by atoms with Crippen LogP contribution in [0.15, 0.2) is 48.8 Å². The van der Waals surface area contributed by atoms with E-state index in [4.69, 9.17) is 5.73 Å². The van der Waals surface area contributed by atoms with Gasteiger partial charge in [0.15, 0.2) is 0 Å². The molecule has 3 nitrogen and oxygen atoms in total. The molecule has 106 valence electrons. The third-order valence-electron chi connectivity index (χ3n) is 4.10. The smallest absolute Gasteiger partial charge is 0.0378 e. The molecule has 1 atom stereocenters. The van der Waals surface area contributed by atoms with Crippen LogP contribution in [0, 0.1) is 0 Å². The molecule has 2 rings (SSSR count). The summed E-state index contributed by atoms with van der Waals surface area (Å²) in [6.07, 6.45) is 4.45. The first-order valence-corrected chi connectivity index (χ1v) is 6.97. The standard InChI is InChI=1S/C17H23N3/c1-17(2,14-7-5-4-6-8-14)16(19-3)11-13-12-20-10-9-15(13)18/h4-10,12,16,19H,11H2,1-3H3,(H2,18,20). The molecule has 0 aliphatic heterocycles. The number of hydrogen-bond acceptors (Lipinski definition) is 3. The number of pyridine rings is 1. The predicted molar refractivity (Wildman–Crippen MR) is 84.7 cm³/mol. The Morgan fingerprint density at radius 1 is 1.20 bits per heavy atom. The van der Waals surface area contributed by atoms with Crippen molar-refractivity contribution in [1.82, 2.24) is 10.3 Å².